The third-order valence-corrected chi connectivity index (χ3v) is 4.74. The molecule has 112 valence electrons. The Morgan fingerprint density at radius 2 is 1.76 bits per heavy atom. The fourth-order valence-electron chi connectivity index (χ4n) is 1.62. The molecule has 5 nitrogen and oxygen atoms in total. The Morgan fingerprint density at radius 1 is 1.14 bits per heavy atom. The zero-order chi connectivity index (χ0) is 15.6. The van der Waals surface area contributed by atoms with Crippen LogP contribution in [0.15, 0.2) is 35.4 Å². The summed E-state index contributed by atoms with van der Waals surface area (Å²) in [4.78, 5) is 3.93. The van der Waals surface area contributed by atoms with Gasteiger partial charge in [0.2, 0.25) is 0 Å². The summed E-state index contributed by atoms with van der Waals surface area (Å²) in [7, 11) is -2.33. The summed E-state index contributed by atoms with van der Waals surface area (Å²) >= 11 is 17.7. The van der Waals surface area contributed by atoms with Gasteiger partial charge in [-0.25, -0.2) is 13.4 Å². The van der Waals surface area contributed by atoms with Crippen molar-refractivity contribution in [2.75, 3.05) is 17.1 Å². The van der Waals surface area contributed by atoms with Crippen LogP contribution in [0.3, 0.4) is 0 Å². The number of hydrogen-bond acceptors (Lipinski definition) is 4. The van der Waals surface area contributed by atoms with E-state index in [1.165, 1.54) is 30.5 Å². The van der Waals surface area contributed by atoms with E-state index in [0.29, 0.717) is 5.02 Å². The Balaban J connectivity index is 2.48. The highest BCUT2D eigenvalue weighted by molar-refractivity contribution is 7.93. The Bertz CT molecular complexity index is 758. The van der Waals surface area contributed by atoms with Crippen LogP contribution in [0.2, 0.25) is 15.1 Å². The predicted octanol–water partition coefficient (Wildman–Crippen LogP) is 3.88. The number of hydrogen-bond donors (Lipinski definition) is 2. The van der Waals surface area contributed by atoms with Gasteiger partial charge < -0.3 is 5.32 Å². The smallest absolute Gasteiger partial charge is 0.265 e. The molecule has 0 spiro atoms. The Morgan fingerprint density at radius 3 is 2.33 bits per heavy atom. The van der Waals surface area contributed by atoms with E-state index in [9.17, 15) is 8.42 Å². The van der Waals surface area contributed by atoms with Gasteiger partial charge in [0.1, 0.15) is 10.7 Å². The largest absolute Gasteiger partial charge is 0.372 e. The maximum Gasteiger partial charge on any atom is 0.265 e. The first-order valence-corrected chi connectivity index (χ1v) is 8.27. The number of anilines is 2. The Hall–Kier alpha value is -1.21. The second-order valence-electron chi connectivity index (χ2n) is 3.95. The second-order valence-corrected chi connectivity index (χ2v) is 6.85. The SMILES string of the molecule is CNc1ncccc1S(=O)(=O)Nc1c(Cl)cc(Cl)cc1Cl. The highest BCUT2D eigenvalue weighted by atomic mass is 35.5. The van der Waals surface area contributed by atoms with Gasteiger partial charge in [-0.3, -0.25) is 4.72 Å². The molecule has 0 aliphatic heterocycles. The van der Waals surface area contributed by atoms with Gasteiger partial charge >= 0.3 is 0 Å². The molecule has 9 heteroatoms. The molecule has 2 N–H and O–H groups in total. The molecule has 0 aliphatic carbocycles. The van der Waals surface area contributed by atoms with Crippen LogP contribution in [0.25, 0.3) is 0 Å². The van der Waals surface area contributed by atoms with Crippen molar-refractivity contribution in [2.45, 2.75) is 4.90 Å². The van der Waals surface area contributed by atoms with Crippen LogP contribution in [0.4, 0.5) is 11.5 Å². The first kappa shape index (κ1) is 16.2. The third kappa shape index (κ3) is 3.52. The fraction of sp³-hybridized carbons (Fsp3) is 0.0833. The molecule has 1 aromatic carbocycles. The monoisotopic (exact) mass is 365 g/mol. The van der Waals surface area contributed by atoms with Crippen molar-refractivity contribution >= 4 is 56.3 Å². The molecule has 0 fully saturated rings. The van der Waals surface area contributed by atoms with Crippen molar-refractivity contribution in [3.8, 4) is 0 Å². The predicted molar refractivity (Wildman–Crippen MR) is 86.1 cm³/mol. The zero-order valence-corrected chi connectivity index (χ0v) is 13.8. The molecule has 0 radical (unpaired) electrons. The lowest BCUT2D eigenvalue weighted by Crippen LogP contribution is -2.16. The molecule has 2 aromatic rings. The van der Waals surface area contributed by atoms with E-state index in [2.05, 4.69) is 15.0 Å². The molecule has 1 heterocycles. The maximum absolute atomic E-state index is 12.4. The summed E-state index contributed by atoms with van der Waals surface area (Å²) in [6.45, 7) is 0. The molecule has 2 rings (SSSR count). The van der Waals surface area contributed by atoms with Crippen LogP contribution >= 0.6 is 34.8 Å². The van der Waals surface area contributed by atoms with Crippen molar-refractivity contribution in [1.29, 1.82) is 0 Å². The molecule has 0 saturated carbocycles. The highest BCUT2D eigenvalue weighted by Crippen LogP contribution is 2.35. The van der Waals surface area contributed by atoms with Gasteiger partial charge in [0.05, 0.1) is 15.7 Å². The summed E-state index contributed by atoms with van der Waals surface area (Å²) in [6.07, 6.45) is 1.48. The fourth-order valence-corrected chi connectivity index (χ4v) is 3.91. The summed E-state index contributed by atoms with van der Waals surface area (Å²) < 4.78 is 27.2. The van der Waals surface area contributed by atoms with Crippen LogP contribution in [-0.2, 0) is 10.0 Å². The van der Waals surface area contributed by atoms with Crippen LogP contribution < -0.4 is 10.0 Å². The second kappa shape index (κ2) is 6.27. The number of nitrogens with zero attached hydrogens (tertiary/aromatic N) is 1. The van der Waals surface area contributed by atoms with Gasteiger partial charge in [-0.05, 0) is 24.3 Å². The van der Waals surface area contributed by atoms with E-state index in [1.54, 1.807) is 7.05 Å². The summed E-state index contributed by atoms with van der Waals surface area (Å²) in [6, 6.07) is 5.73. The minimum Gasteiger partial charge on any atom is -0.372 e. The van der Waals surface area contributed by atoms with Crippen molar-refractivity contribution < 1.29 is 8.42 Å². The Kier molecular flexibility index (Phi) is 4.83. The van der Waals surface area contributed by atoms with Crippen molar-refractivity contribution in [2.24, 2.45) is 0 Å². The number of rotatable bonds is 4. The van der Waals surface area contributed by atoms with Crippen LogP contribution in [0, 0.1) is 0 Å². The highest BCUT2D eigenvalue weighted by Gasteiger charge is 2.21. The number of halogens is 3. The van der Waals surface area contributed by atoms with E-state index in [4.69, 9.17) is 34.8 Å². The van der Waals surface area contributed by atoms with E-state index in [0.717, 1.165) is 0 Å². The molecule has 1 aromatic heterocycles. The van der Waals surface area contributed by atoms with E-state index in [1.807, 2.05) is 0 Å². The lowest BCUT2D eigenvalue weighted by atomic mass is 10.3. The van der Waals surface area contributed by atoms with Gasteiger partial charge in [-0.1, -0.05) is 34.8 Å². The third-order valence-electron chi connectivity index (χ3n) is 2.54. The molecule has 21 heavy (non-hydrogen) atoms. The number of pyridine rings is 1. The molecular weight excluding hydrogens is 357 g/mol. The number of sulfonamides is 1. The lowest BCUT2D eigenvalue weighted by molar-refractivity contribution is 0.601. The average molecular weight is 367 g/mol. The first-order valence-electron chi connectivity index (χ1n) is 5.65. The van der Waals surface area contributed by atoms with Crippen LogP contribution in [0.5, 0.6) is 0 Å². The molecule has 0 bridgehead atoms. The molecule has 0 saturated heterocycles. The normalized spacial score (nSPS) is 11.2. The minimum absolute atomic E-state index is 0.0189. The molecule has 0 aliphatic rings. The maximum atomic E-state index is 12.4. The summed E-state index contributed by atoms with van der Waals surface area (Å²) in [5, 5.41) is 3.22. The van der Waals surface area contributed by atoms with E-state index in [-0.39, 0.29) is 26.4 Å². The topological polar surface area (TPSA) is 71.1 Å². The number of nitrogens with one attached hydrogen (secondary N) is 2. The quantitative estimate of drug-likeness (QED) is 0.861. The van der Waals surface area contributed by atoms with Gasteiger partial charge in [0.25, 0.3) is 10.0 Å². The summed E-state index contributed by atoms with van der Waals surface area (Å²) in [5.74, 6) is 0.214. The lowest BCUT2D eigenvalue weighted by Gasteiger charge is -2.13. The van der Waals surface area contributed by atoms with Crippen molar-refractivity contribution in [3.05, 3.63) is 45.5 Å². The summed E-state index contributed by atoms with van der Waals surface area (Å²) in [5.41, 5.74) is 0.0636. The van der Waals surface area contributed by atoms with Crippen molar-refractivity contribution in [3.63, 3.8) is 0 Å². The van der Waals surface area contributed by atoms with Gasteiger partial charge in [0.15, 0.2) is 0 Å². The Labute approximate surface area is 137 Å². The van der Waals surface area contributed by atoms with Crippen molar-refractivity contribution in [1.82, 2.24) is 4.98 Å². The van der Waals surface area contributed by atoms with E-state index < -0.39 is 10.0 Å². The molecule has 0 amide bonds. The number of aromatic nitrogens is 1. The van der Waals surface area contributed by atoms with Gasteiger partial charge in [0, 0.05) is 18.3 Å². The number of benzene rings is 1. The average Bonchev–Trinajstić information content (AvgIpc) is 2.43. The van der Waals surface area contributed by atoms with Crippen LogP contribution in [0.1, 0.15) is 0 Å². The molecule has 0 atom stereocenters. The zero-order valence-electron chi connectivity index (χ0n) is 10.7. The molecule has 0 unspecified atom stereocenters. The standard InChI is InChI=1S/C12H10Cl3N3O2S/c1-16-12-10(3-2-4-17-12)21(19,20)18-11-8(14)5-7(13)6-9(11)15/h2-6,18H,1H3,(H,16,17). The van der Waals surface area contributed by atoms with Gasteiger partial charge in [-0.15, -0.1) is 0 Å². The van der Waals surface area contributed by atoms with Gasteiger partial charge in [-0.2, -0.15) is 0 Å². The van der Waals surface area contributed by atoms with E-state index >= 15 is 0 Å². The minimum atomic E-state index is -3.90. The van der Waals surface area contributed by atoms with Crippen LogP contribution in [-0.4, -0.2) is 20.4 Å². The molecular formula is C12H10Cl3N3O2S. The first-order chi connectivity index (χ1) is 9.85.